The van der Waals surface area contributed by atoms with E-state index in [0.29, 0.717) is 68.3 Å². The van der Waals surface area contributed by atoms with Crippen LogP contribution in [0, 0.1) is 30.6 Å². The molecule has 0 aromatic carbocycles. The molecule has 258 valence electrons. The Morgan fingerprint density at radius 3 is 0.569 bits per heavy atom. The third kappa shape index (κ3) is 14.2. The van der Waals surface area contributed by atoms with E-state index < -0.39 is 10.2 Å². The van der Waals surface area contributed by atoms with Gasteiger partial charge in [0.2, 0.25) is 0 Å². The molecule has 6 rings (SSSR count). The summed E-state index contributed by atoms with van der Waals surface area (Å²) in [6.45, 7) is 0. The molecule has 12 N–H and O–H groups in total. The van der Waals surface area contributed by atoms with Crippen LogP contribution >= 0.6 is 0 Å². The standard InChI is InChI=1S/3C10H10N4.2NO3.Zn/c3*11-7-3-1-5-13-9(7)10-8(12)4-2-6-14-10;2*2-1(3)4;/h3*1-6H,11-12H2;;;/q;;;2*-1;+2. The zero-order chi connectivity index (χ0) is 37.1. The smallest absolute Gasteiger partial charge is 0.397 e. The Balaban J connectivity index is 0.000000343. The van der Waals surface area contributed by atoms with E-state index in [1.807, 2.05) is 0 Å². The van der Waals surface area contributed by atoms with Gasteiger partial charge in [0.15, 0.2) is 0 Å². The summed E-state index contributed by atoms with van der Waals surface area (Å²) in [5.74, 6) is 0. The maximum absolute atomic E-state index is 8.25. The van der Waals surface area contributed by atoms with Crippen molar-refractivity contribution in [3.63, 3.8) is 0 Å². The van der Waals surface area contributed by atoms with Gasteiger partial charge in [0.05, 0.1) is 44.3 Å². The molecule has 0 aliphatic heterocycles. The van der Waals surface area contributed by atoms with Gasteiger partial charge in [0, 0.05) is 37.2 Å². The maximum Gasteiger partial charge on any atom is 2.00 e. The van der Waals surface area contributed by atoms with E-state index in [9.17, 15) is 0 Å². The van der Waals surface area contributed by atoms with Gasteiger partial charge in [-0.05, 0) is 72.8 Å². The average Bonchev–Trinajstić information content (AvgIpc) is 3.07. The van der Waals surface area contributed by atoms with Gasteiger partial charge in [-0.25, -0.2) is 0 Å². The zero-order valence-corrected chi connectivity index (χ0v) is 29.6. The first-order valence-corrected chi connectivity index (χ1v) is 13.7. The van der Waals surface area contributed by atoms with Crippen molar-refractivity contribution in [2.45, 2.75) is 0 Å². The molecule has 0 fully saturated rings. The molecule has 0 saturated heterocycles. The predicted molar refractivity (Wildman–Crippen MR) is 190 cm³/mol. The average molecular weight is 748 g/mol. The monoisotopic (exact) mass is 746 g/mol. The summed E-state index contributed by atoms with van der Waals surface area (Å²) in [5.41, 5.74) is 41.8. The molecule has 0 saturated carbocycles. The molecule has 0 unspecified atom stereocenters. The van der Waals surface area contributed by atoms with Gasteiger partial charge in [-0.15, -0.1) is 0 Å². The number of aromatic nitrogens is 6. The molecule has 0 atom stereocenters. The molecule has 0 radical (unpaired) electrons. The van der Waals surface area contributed by atoms with Crippen molar-refractivity contribution in [2.75, 3.05) is 34.4 Å². The topological polar surface area (TPSA) is 366 Å². The van der Waals surface area contributed by atoms with E-state index in [-0.39, 0.29) is 19.5 Å². The summed E-state index contributed by atoms with van der Waals surface area (Å²) >= 11 is 0. The summed E-state index contributed by atoms with van der Waals surface area (Å²) in [6, 6.07) is 21.3. The fourth-order valence-corrected chi connectivity index (χ4v) is 3.69. The minimum atomic E-state index is -1.75. The minimum absolute atomic E-state index is 0. The van der Waals surface area contributed by atoms with Crippen LogP contribution in [0.2, 0.25) is 0 Å². The molecule has 0 amide bonds. The van der Waals surface area contributed by atoms with Gasteiger partial charge in [-0.3, -0.25) is 29.9 Å². The molecule has 51 heavy (non-hydrogen) atoms. The van der Waals surface area contributed by atoms with Crippen LogP contribution in [0.5, 0.6) is 0 Å². The largest absolute Gasteiger partial charge is 2.00 e. The molecule has 6 aromatic rings. The van der Waals surface area contributed by atoms with Crippen LogP contribution in [-0.4, -0.2) is 40.1 Å². The van der Waals surface area contributed by atoms with E-state index in [4.69, 9.17) is 65.0 Å². The number of nitrogens with two attached hydrogens (primary N) is 6. The van der Waals surface area contributed by atoms with E-state index in [1.165, 1.54) is 0 Å². The summed E-state index contributed by atoms with van der Waals surface area (Å²) in [4.78, 5) is 41.4. The predicted octanol–water partition coefficient (Wildman–Crippen LogP) is 3.44. The summed E-state index contributed by atoms with van der Waals surface area (Å²) < 4.78 is 0. The summed E-state index contributed by atoms with van der Waals surface area (Å²) in [5, 5.41) is 29.5. The van der Waals surface area contributed by atoms with Crippen LogP contribution in [0.1, 0.15) is 0 Å². The van der Waals surface area contributed by atoms with E-state index >= 15 is 0 Å². The Bertz CT molecular complexity index is 1650. The summed E-state index contributed by atoms with van der Waals surface area (Å²) in [7, 11) is 0. The molecule has 6 heterocycles. The van der Waals surface area contributed by atoms with Gasteiger partial charge in [0.1, 0.15) is 34.2 Å². The second kappa shape index (κ2) is 21.6. The fraction of sp³-hybridized carbons (Fsp3) is 0. The van der Waals surface area contributed by atoms with Crippen molar-refractivity contribution in [3.05, 3.63) is 141 Å². The van der Waals surface area contributed by atoms with Crippen LogP contribution in [0.15, 0.2) is 110 Å². The molecule has 6 aromatic heterocycles. The zero-order valence-electron chi connectivity index (χ0n) is 26.6. The molecule has 0 aliphatic carbocycles. The van der Waals surface area contributed by atoms with Crippen molar-refractivity contribution in [1.82, 2.24) is 29.9 Å². The first kappa shape index (κ1) is 41.7. The molecular formula is C30H30N14O6Zn. The Morgan fingerprint density at radius 1 is 0.353 bits per heavy atom. The third-order valence-corrected chi connectivity index (χ3v) is 5.71. The molecule has 0 bridgehead atoms. The number of rotatable bonds is 3. The van der Waals surface area contributed by atoms with Crippen molar-refractivity contribution >= 4 is 34.1 Å². The van der Waals surface area contributed by atoms with Gasteiger partial charge >= 0.3 is 19.5 Å². The molecule has 0 aliphatic rings. The van der Waals surface area contributed by atoms with Crippen molar-refractivity contribution in [2.24, 2.45) is 0 Å². The van der Waals surface area contributed by atoms with Gasteiger partial charge in [0.25, 0.3) is 0 Å². The second-order valence-electron chi connectivity index (χ2n) is 9.09. The second-order valence-corrected chi connectivity index (χ2v) is 9.09. The quantitative estimate of drug-likeness (QED) is 0.0857. The van der Waals surface area contributed by atoms with Crippen LogP contribution in [-0.2, 0) is 19.5 Å². The van der Waals surface area contributed by atoms with Crippen LogP contribution in [0.4, 0.5) is 34.1 Å². The van der Waals surface area contributed by atoms with Gasteiger partial charge in [-0.2, -0.15) is 0 Å². The molecule has 21 heteroatoms. The fourth-order valence-electron chi connectivity index (χ4n) is 3.69. The number of nitrogens with zero attached hydrogens (tertiary/aromatic N) is 8. The normalized spacial score (nSPS) is 9.18. The summed E-state index contributed by atoms with van der Waals surface area (Å²) in [6.07, 6.45) is 10.00. The third-order valence-electron chi connectivity index (χ3n) is 5.71. The number of hydrogen-bond donors (Lipinski definition) is 6. The SMILES string of the molecule is Nc1cccnc1-c1ncccc1N.Nc1cccnc1-c1ncccc1N.Nc1cccnc1-c1ncccc1N.O=[N+]([O-])[O-].O=[N+]([O-])[O-].[Zn+2]. The molecule has 0 spiro atoms. The van der Waals surface area contributed by atoms with Crippen molar-refractivity contribution in [3.8, 4) is 34.2 Å². The van der Waals surface area contributed by atoms with E-state index in [0.717, 1.165) is 0 Å². The molecule has 20 nitrogen and oxygen atoms in total. The Labute approximate surface area is 302 Å². The van der Waals surface area contributed by atoms with E-state index in [1.54, 1.807) is 110 Å². The maximum atomic E-state index is 8.25. The molecular weight excluding hydrogens is 718 g/mol. The van der Waals surface area contributed by atoms with Gasteiger partial charge < -0.3 is 65.0 Å². The van der Waals surface area contributed by atoms with Gasteiger partial charge in [-0.1, -0.05) is 0 Å². The van der Waals surface area contributed by atoms with Crippen LogP contribution < -0.4 is 34.4 Å². The first-order chi connectivity index (χ1) is 23.8. The Morgan fingerprint density at radius 2 is 0.471 bits per heavy atom. The van der Waals surface area contributed by atoms with Crippen LogP contribution in [0.25, 0.3) is 34.2 Å². The number of nitrogen functional groups attached to an aromatic ring is 6. The minimum Gasteiger partial charge on any atom is -0.397 e. The number of hydrogen-bond acceptors (Lipinski definition) is 18. The Hall–Kier alpha value is -7.28. The van der Waals surface area contributed by atoms with Crippen molar-refractivity contribution in [1.29, 1.82) is 0 Å². The Kier molecular flexibility index (Phi) is 17.7. The number of anilines is 6. The first-order valence-electron chi connectivity index (χ1n) is 13.7. The van der Waals surface area contributed by atoms with Crippen molar-refractivity contribution < 1.29 is 29.7 Å². The number of pyridine rings is 6. The van der Waals surface area contributed by atoms with E-state index in [2.05, 4.69) is 29.9 Å². The van der Waals surface area contributed by atoms with Crippen LogP contribution in [0.3, 0.4) is 0 Å².